The SMILES string of the molecule is N#Cc1c2oc3ncc(-n4c5ccccc5c5ccccc54)cc3c2cc2c1oc1ncc(-n3c4ccccc4c4ccccc43)cc12. The summed E-state index contributed by atoms with van der Waals surface area (Å²) in [7, 11) is 0. The molecule has 0 radical (unpaired) electrons. The first-order valence-electron chi connectivity index (χ1n) is 15.7. The van der Waals surface area contributed by atoms with E-state index in [1.807, 2.05) is 12.4 Å². The Labute approximate surface area is 271 Å². The Morgan fingerprint density at radius 3 is 1.21 bits per heavy atom. The van der Waals surface area contributed by atoms with Gasteiger partial charge in [-0.2, -0.15) is 5.26 Å². The molecule has 222 valence electrons. The monoisotopic (exact) mass is 615 g/mol. The van der Waals surface area contributed by atoms with Gasteiger partial charge in [0, 0.05) is 32.3 Å². The van der Waals surface area contributed by atoms with Crippen molar-refractivity contribution in [3.8, 4) is 17.4 Å². The molecule has 7 heteroatoms. The third kappa shape index (κ3) is 3.20. The minimum Gasteiger partial charge on any atom is -0.436 e. The van der Waals surface area contributed by atoms with E-state index < -0.39 is 0 Å². The van der Waals surface area contributed by atoms with Gasteiger partial charge < -0.3 is 18.0 Å². The average molecular weight is 616 g/mol. The molecule has 7 nitrogen and oxygen atoms in total. The van der Waals surface area contributed by atoms with E-state index in [-0.39, 0.29) is 0 Å². The fourth-order valence-corrected chi connectivity index (χ4v) is 7.63. The van der Waals surface area contributed by atoms with Gasteiger partial charge in [0.1, 0.15) is 11.6 Å². The molecule has 48 heavy (non-hydrogen) atoms. The maximum atomic E-state index is 10.4. The molecule has 0 amide bonds. The molecule has 0 saturated carbocycles. The van der Waals surface area contributed by atoms with Crippen LogP contribution in [0.4, 0.5) is 0 Å². The van der Waals surface area contributed by atoms with E-state index in [2.05, 4.69) is 130 Å². The second-order valence-corrected chi connectivity index (χ2v) is 12.2. The molecule has 6 aromatic heterocycles. The van der Waals surface area contributed by atoms with Crippen LogP contribution in [-0.4, -0.2) is 19.1 Å². The standard InChI is InChI=1S/C41H21N5O2/c42-20-33-38-29(31-17-23(21-43-40(31)47-38)45-34-13-5-1-9-25(34)26-10-2-6-14-35(26)45)19-30-32-18-24(22-44-41(32)48-39(30)33)46-36-15-7-3-11-27(36)28-12-4-8-16-37(28)46/h1-19,21-22H. The van der Waals surface area contributed by atoms with Crippen molar-refractivity contribution in [1.82, 2.24) is 19.1 Å². The molecule has 0 atom stereocenters. The number of nitriles is 1. The highest BCUT2D eigenvalue weighted by atomic mass is 16.4. The van der Waals surface area contributed by atoms with Crippen molar-refractivity contribution in [2.24, 2.45) is 0 Å². The number of benzene rings is 5. The largest absolute Gasteiger partial charge is 0.436 e. The molecule has 6 heterocycles. The van der Waals surface area contributed by atoms with Crippen LogP contribution in [0.3, 0.4) is 0 Å². The highest BCUT2D eigenvalue weighted by Gasteiger charge is 2.23. The average Bonchev–Trinajstić information content (AvgIpc) is 3.88. The van der Waals surface area contributed by atoms with Gasteiger partial charge in [-0.25, -0.2) is 9.97 Å². The first kappa shape index (κ1) is 25.3. The highest BCUT2D eigenvalue weighted by molar-refractivity contribution is 6.18. The number of para-hydroxylation sites is 4. The molecular weight excluding hydrogens is 594 g/mol. The van der Waals surface area contributed by atoms with Crippen molar-refractivity contribution in [3.63, 3.8) is 0 Å². The Bertz CT molecular complexity index is 2890. The Balaban J connectivity index is 1.19. The van der Waals surface area contributed by atoms with Crippen LogP contribution in [0.15, 0.2) is 136 Å². The predicted octanol–water partition coefficient (Wildman–Crippen LogP) is 10.3. The van der Waals surface area contributed by atoms with E-state index in [0.29, 0.717) is 28.2 Å². The summed E-state index contributed by atoms with van der Waals surface area (Å²) in [5.41, 5.74) is 8.36. The summed E-state index contributed by atoms with van der Waals surface area (Å²) in [6, 6.07) is 42.2. The zero-order valence-electron chi connectivity index (χ0n) is 25.2. The van der Waals surface area contributed by atoms with Crippen LogP contribution >= 0.6 is 0 Å². The lowest BCUT2D eigenvalue weighted by Crippen LogP contribution is -1.94. The van der Waals surface area contributed by atoms with Crippen molar-refractivity contribution in [3.05, 3.63) is 133 Å². The number of aromatic nitrogens is 4. The zero-order valence-corrected chi connectivity index (χ0v) is 25.2. The van der Waals surface area contributed by atoms with E-state index in [9.17, 15) is 5.26 Å². The molecule has 0 unspecified atom stereocenters. The summed E-state index contributed by atoms with van der Waals surface area (Å²) < 4.78 is 17.0. The van der Waals surface area contributed by atoms with Gasteiger partial charge in [-0.15, -0.1) is 0 Å². The second-order valence-electron chi connectivity index (χ2n) is 12.2. The minimum atomic E-state index is 0.329. The number of hydrogen-bond donors (Lipinski definition) is 0. The van der Waals surface area contributed by atoms with E-state index in [1.165, 1.54) is 21.5 Å². The van der Waals surface area contributed by atoms with Gasteiger partial charge in [-0.05, 0) is 42.5 Å². The molecule has 0 N–H and O–H groups in total. The third-order valence-electron chi connectivity index (χ3n) is 9.67. The lowest BCUT2D eigenvalue weighted by molar-refractivity contribution is 0.639. The number of pyridine rings is 2. The first-order valence-corrected chi connectivity index (χ1v) is 15.7. The normalized spacial score (nSPS) is 12.1. The molecule has 0 fully saturated rings. The Morgan fingerprint density at radius 1 is 0.458 bits per heavy atom. The van der Waals surface area contributed by atoms with Gasteiger partial charge in [0.15, 0.2) is 11.2 Å². The molecule has 5 aromatic carbocycles. The molecule has 0 spiro atoms. The van der Waals surface area contributed by atoms with Gasteiger partial charge in [-0.1, -0.05) is 72.8 Å². The number of furan rings is 2. The van der Waals surface area contributed by atoms with Crippen LogP contribution in [0.5, 0.6) is 0 Å². The van der Waals surface area contributed by atoms with Crippen molar-refractivity contribution >= 4 is 87.7 Å². The Kier molecular flexibility index (Phi) is 4.79. The first-order chi connectivity index (χ1) is 23.8. The van der Waals surface area contributed by atoms with Crippen LogP contribution in [0.2, 0.25) is 0 Å². The smallest absolute Gasteiger partial charge is 0.227 e. The molecule has 0 saturated heterocycles. The third-order valence-corrected chi connectivity index (χ3v) is 9.67. The second kappa shape index (κ2) is 9.09. The molecule has 0 aliphatic rings. The summed E-state index contributed by atoms with van der Waals surface area (Å²) in [5.74, 6) is 0. The Morgan fingerprint density at radius 2 is 0.833 bits per heavy atom. The van der Waals surface area contributed by atoms with E-state index in [0.717, 1.165) is 55.0 Å². The summed E-state index contributed by atoms with van der Waals surface area (Å²) >= 11 is 0. The van der Waals surface area contributed by atoms with Gasteiger partial charge in [0.05, 0.1) is 56.6 Å². The van der Waals surface area contributed by atoms with E-state index in [4.69, 9.17) is 18.8 Å². The van der Waals surface area contributed by atoms with Crippen molar-refractivity contribution in [2.45, 2.75) is 0 Å². The molecule has 0 aliphatic carbocycles. The predicted molar refractivity (Wildman–Crippen MR) is 190 cm³/mol. The van der Waals surface area contributed by atoms with E-state index >= 15 is 0 Å². The number of nitrogens with zero attached hydrogens (tertiary/aromatic N) is 5. The van der Waals surface area contributed by atoms with Crippen LogP contribution < -0.4 is 0 Å². The van der Waals surface area contributed by atoms with Crippen LogP contribution in [0.25, 0.3) is 99.1 Å². The summed E-state index contributed by atoms with van der Waals surface area (Å²) in [6.45, 7) is 0. The fraction of sp³-hybridized carbons (Fsp3) is 0. The number of hydrogen-bond acceptors (Lipinski definition) is 5. The van der Waals surface area contributed by atoms with Crippen molar-refractivity contribution < 1.29 is 8.83 Å². The molecule has 0 bridgehead atoms. The van der Waals surface area contributed by atoms with Crippen LogP contribution in [0, 0.1) is 11.3 Å². The fourth-order valence-electron chi connectivity index (χ4n) is 7.63. The molecule has 0 aliphatic heterocycles. The molecule has 11 rings (SSSR count). The summed E-state index contributed by atoms with van der Waals surface area (Å²) in [5, 5.41) is 18.4. The number of fused-ring (bicyclic) bond motifs is 12. The van der Waals surface area contributed by atoms with Gasteiger partial charge in [-0.3, -0.25) is 0 Å². The van der Waals surface area contributed by atoms with Crippen LogP contribution in [-0.2, 0) is 0 Å². The summed E-state index contributed by atoms with van der Waals surface area (Å²) in [6.07, 6.45) is 3.66. The van der Waals surface area contributed by atoms with Gasteiger partial charge >= 0.3 is 0 Å². The number of rotatable bonds is 2. The topological polar surface area (TPSA) is 85.7 Å². The maximum Gasteiger partial charge on any atom is 0.227 e. The van der Waals surface area contributed by atoms with Gasteiger partial charge in [0.25, 0.3) is 0 Å². The lowest BCUT2D eigenvalue weighted by Gasteiger charge is -2.07. The van der Waals surface area contributed by atoms with E-state index in [1.54, 1.807) is 0 Å². The van der Waals surface area contributed by atoms with Crippen molar-refractivity contribution in [2.75, 3.05) is 0 Å². The summed E-state index contributed by atoms with van der Waals surface area (Å²) in [4.78, 5) is 9.53. The molecule has 11 aromatic rings. The van der Waals surface area contributed by atoms with Crippen molar-refractivity contribution in [1.29, 1.82) is 5.26 Å². The van der Waals surface area contributed by atoms with Gasteiger partial charge in [0.2, 0.25) is 11.4 Å². The van der Waals surface area contributed by atoms with Crippen LogP contribution in [0.1, 0.15) is 5.56 Å². The highest BCUT2D eigenvalue weighted by Crippen LogP contribution is 2.41. The maximum absolute atomic E-state index is 10.4. The minimum absolute atomic E-state index is 0.329. The quantitative estimate of drug-likeness (QED) is 0.193. The molecular formula is C41H21N5O2. The Hall–Kier alpha value is -6.91. The lowest BCUT2D eigenvalue weighted by atomic mass is 10.0. The zero-order chi connectivity index (χ0) is 31.5.